The molecular weight excluding hydrogens is 236 g/mol. The molecule has 96 valence electrons. The van der Waals surface area contributed by atoms with Crippen molar-refractivity contribution >= 4 is 17.3 Å². The predicted octanol–water partition coefficient (Wildman–Crippen LogP) is 3.07. The van der Waals surface area contributed by atoms with Crippen LogP contribution in [0.25, 0.3) is 0 Å². The Morgan fingerprint density at radius 3 is 2.53 bits per heavy atom. The van der Waals surface area contributed by atoms with E-state index in [4.69, 9.17) is 16.3 Å². The summed E-state index contributed by atoms with van der Waals surface area (Å²) in [4.78, 5) is 0. The lowest BCUT2D eigenvalue weighted by molar-refractivity contribution is 0.413. The zero-order chi connectivity index (χ0) is 13.1. The first-order valence-corrected chi connectivity index (χ1v) is 6.04. The fraction of sp³-hybridized carbons (Fsp3) is 0.538. The summed E-state index contributed by atoms with van der Waals surface area (Å²) in [5, 5.41) is 7.33. The molecule has 0 saturated heterocycles. The Balaban J connectivity index is 3.01. The van der Waals surface area contributed by atoms with Gasteiger partial charge in [0.05, 0.1) is 12.8 Å². The number of nitrogens with one attached hydrogen (secondary N) is 2. The summed E-state index contributed by atoms with van der Waals surface area (Å²) in [6, 6.07) is 3.85. The Morgan fingerprint density at radius 2 is 2.00 bits per heavy atom. The Labute approximate surface area is 109 Å². The second-order valence-corrected chi connectivity index (χ2v) is 5.25. The minimum absolute atomic E-state index is 0.0688. The number of ether oxygens (including phenoxy) is 1. The van der Waals surface area contributed by atoms with E-state index in [1.807, 2.05) is 26.1 Å². The first-order valence-electron chi connectivity index (χ1n) is 5.66. The number of methoxy groups -OCH3 is 1. The average Bonchev–Trinajstić information content (AvgIpc) is 2.22. The van der Waals surface area contributed by atoms with Gasteiger partial charge in [0.1, 0.15) is 5.75 Å². The Hall–Kier alpha value is -0.930. The summed E-state index contributed by atoms with van der Waals surface area (Å²) in [7, 11) is 3.60. The molecular formula is C13H21ClN2O. The van der Waals surface area contributed by atoms with E-state index in [1.54, 1.807) is 7.11 Å². The number of benzene rings is 1. The molecule has 0 amide bonds. The maximum absolute atomic E-state index is 6.14. The smallest absolute Gasteiger partial charge is 0.142 e. The minimum Gasteiger partial charge on any atom is -0.495 e. The number of aryl methyl sites for hydroxylation is 1. The van der Waals surface area contributed by atoms with E-state index in [9.17, 15) is 0 Å². The van der Waals surface area contributed by atoms with Gasteiger partial charge in [-0.2, -0.15) is 0 Å². The molecule has 0 saturated carbocycles. The van der Waals surface area contributed by atoms with Gasteiger partial charge >= 0.3 is 0 Å². The molecule has 2 N–H and O–H groups in total. The Morgan fingerprint density at radius 1 is 1.35 bits per heavy atom. The van der Waals surface area contributed by atoms with Crippen LogP contribution >= 0.6 is 11.6 Å². The quantitative estimate of drug-likeness (QED) is 0.850. The highest BCUT2D eigenvalue weighted by molar-refractivity contribution is 6.31. The minimum atomic E-state index is -0.0688. The van der Waals surface area contributed by atoms with E-state index in [1.165, 1.54) is 0 Å². The van der Waals surface area contributed by atoms with Gasteiger partial charge < -0.3 is 15.4 Å². The molecule has 1 aromatic carbocycles. The normalized spacial score (nSPS) is 11.4. The number of hydrogen-bond acceptors (Lipinski definition) is 3. The maximum Gasteiger partial charge on any atom is 0.142 e. The second kappa shape index (κ2) is 5.61. The molecule has 1 aromatic rings. The molecule has 1 rings (SSSR count). The standard InChI is InChI=1S/C13H21ClN2O/c1-9-6-12(17-5)11(7-10(9)14)16-13(2,3)8-15-4/h6-7,15-16H,8H2,1-5H3. The summed E-state index contributed by atoms with van der Waals surface area (Å²) >= 11 is 6.14. The van der Waals surface area contributed by atoms with Gasteiger partial charge in [0, 0.05) is 17.1 Å². The zero-order valence-corrected chi connectivity index (χ0v) is 11.9. The van der Waals surface area contributed by atoms with Gasteiger partial charge in [-0.15, -0.1) is 0 Å². The number of rotatable bonds is 5. The molecule has 17 heavy (non-hydrogen) atoms. The van der Waals surface area contributed by atoms with Crippen LogP contribution in [-0.4, -0.2) is 26.2 Å². The first kappa shape index (κ1) is 14.1. The number of hydrogen-bond donors (Lipinski definition) is 2. The third-order valence-corrected chi connectivity index (χ3v) is 2.98. The monoisotopic (exact) mass is 256 g/mol. The molecule has 0 aliphatic rings. The highest BCUT2D eigenvalue weighted by atomic mass is 35.5. The lowest BCUT2D eigenvalue weighted by Gasteiger charge is -2.28. The van der Waals surface area contributed by atoms with Crippen LogP contribution in [0.3, 0.4) is 0 Å². The Kier molecular flexibility index (Phi) is 4.66. The summed E-state index contributed by atoms with van der Waals surface area (Å²) in [6.07, 6.45) is 0. The van der Waals surface area contributed by atoms with Gasteiger partial charge in [0.2, 0.25) is 0 Å². The van der Waals surface area contributed by atoms with E-state index in [0.717, 1.165) is 28.6 Å². The van der Waals surface area contributed by atoms with Crippen molar-refractivity contribution in [2.75, 3.05) is 26.0 Å². The number of likely N-dealkylation sites (N-methyl/N-ethyl adjacent to an activating group) is 1. The van der Waals surface area contributed by atoms with Crippen LogP contribution in [-0.2, 0) is 0 Å². The fourth-order valence-corrected chi connectivity index (χ4v) is 1.94. The van der Waals surface area contributed by atoms with Gasteiger partial charge in [-0.1, -0.05) is 11.6 Å². The zero-order valence-electron chi connectivity index (χ0n) is 11.1. The second-order valence-electron chi connectivity index (χ2n) is 4.84. The maximum atomic E-state index is 6.14. The first-order chi connectivity index (χ1) is 7.89. The lowest BCUT2D eigenvalue weighted by atomic mass is 10.0. The topological polar surface area (TPSA) is 33.3 Å². The van der Waals surface area contributed by atoms with Gasteiger partial charge in [0.15, 0.2) is 0 Å². The molecule has 0 aliphatic carbocycles. The van der Waals surface area contributed by atoms with E-state index < -0.39 is 0 Å². The highest BCUT2D eigenvalue weighted by Gasteiger charge is 2.18. The van der Waals surface area contributed by atoms with Crippen molar-refractivity contribution in [3.8, 4) is 5.75 Å². The fourth-order valence-electron chi connectivity index (χ4n) is 1.77. The molecule has 0 bridgehead atoms. The van der Waals surface area contributed by atoms with E-state index in [2.05, 4.69) is 24.5 Å². The van der Waals surface area contributed by atoms with Crippen LogP contribution in [0, 0.1) is 6.92 Å². The van der Waals surface area contributed by atoms with E-state index in [-0.39, 0.29) is 5.54 Å². The van der Waals surface area contributed by atoms with Crippen LogP contribution in [0.5, 0.6) is 5.75 Å². The van der Waals surface area contributed by atoms with Gasteiger partial charge in [-0.25, -0.2) is 0 Å². The van der Waals surface area contributed by atoms with Gasteiger partial charge in [-0.3, -0.25) is 0 Å². The van der Waals surface area contributed by atoms with Crippen molar-refractivity contribution in [2.24, 2.45) is 0 Å². The molecule has 3 nitrogen and oxygen atoms in total. The molecule has 0 aromatic heterocycles. The van der Waals surface area contributed by atoms with Crippen molar-refractivity contribution < 1.29 is 4.74 Å². The third-order valence-electron chi connectivity index (χ3n) is 2.57. The van der Waals surface area contributed by atoms with E-state index >= 15 is 0 Å². The lowest BCUT2D eigenvalue weighted by Crippen LogP contribution is -2.40. The van der Waals surface area contributed by atoms with Crippen LogP contribution < -0.4 is 15.4 Å². The molecule has 0 fully saturated rings. The molecule has 4 heteroatoms. The molecule has 0 radical (unpaired) electrons. The summed E-state index contributed by atoms with van der Waals surface area (Å²) in [5.41, 5.74) is 1.87. The average molecular weight is 257 g/mol. The highest BCUT2D eigenvalue weighted by Crippen LogP contribution is 2.32. The van der Waals surface area contributed by atoms with E-state index in [0.29, 0.717) is 0 Å². The molecule has 0 unspecified atom stereocenters. The van der Waals surface area contributed by atoms with Crippen molar-refractivity contribution in [2.45, 2.75) is 26.3 Å². The Bertz CT molecular complexity index is 391. The molecule has 0 aliphatic heterocycles. The predicted molar refractivity (Wildman–Crippen MR) is 74.4 cm³/mol. The van der Waals surface area contributed by atoms with Crippen LogP contribution in [0.1, 0.15) is 19.4 Å². The summed E-state index contributed by atoms with van der Waals surface area (Å²) < 4.78 is 5.36. The third kappa shape index (κ3) is 3.79. The van der Waals surface area contributed by atoms with Crippen LogP contribution in [0.15, 0.2) is 12.1 Å². The van der Waals surface area contributed by atoms with Crippen molar-refractivity contribution in [1.82, 2.24) is 5.32 Å². The van der Waals surface area contributed by atoms with Crippen molar-refractivity contribution in [1.29, 1.82) is 0 Å². The van der Waals surface area contributed by atoms with Gasteiger partial charge in [0.25, 0.3) is 0 Å². The number of halogens is 1. The van der Waals surface area contributed by atoms with Crippen molar-refractivity contribution in [3.05, 3.63) is 22.7 Å². The molecule has 0 heterocycles. The van der Waals surface area contributed by atoms with Crippen molar-refractivity contribution in [3.63, 3.8) is 0 Å². The summed E-state index contributed by atoms with van der Waals surface area (Å²) in [5.74, 6) is 0.816. The van der Waals surface area contributed by atoms with Crippen LogP contribution in [0.4, 0.5) is 5.69 Å². The van der Waals surface area contributed by atoms with Gasteiger partial charge in [-0.05, 0) is 45.5 Å². The molecule has 0 atom stereocenters. The largest absolute Gasteiger partial charge is 0.495 e. The number of anilines is 1. The van der Waals surface area contributed by atoms with Crippen LogP contribution in [0.2, 0.25) is 5.02 Å². The summed E-state index contributed by atoms with van der Waals surface area (Å²) in [6.45, 7) is 7.06. The molecule has 0 spiro atoms. The SMILES string of the molecule is CNCC(C)(C)Nc1cc(Cl)c(C)cc1OC.